The molecule has 1 aliphatic rings. The van der Waals surface area contributed by atoms with Gasteiger partial charge in [0, 0.05) is 15.7 Å². The van der Waals surface area contributed by atoms with Crippen molar-refractivity contribution in [2.24, 2.45) is 5.41 Å². The van der Waals surface area contributed by atoms with E-state index in [4.69, 9.17) is 29.2 Å². The lowest BCUT2D eigenvalue weighted by molar-refractivity contribution is 0.0775. The quantitative estimate of drug-likeness (QED) is 0.191. The number of halogens is 1. The highest BCUT2D eigenvalue weighted by atomic mass is 35.5. The lowest BCUT2D eigenvalue weighted by Gasteiger charge is -2.31. The van der Waals surface area contributed by atoms with Gasteiger partial charge in [0.2, 0.25) is 0 Å². The minimum atomic E-state index is -0.861. The van der Waals surface area contributed by atoms with Crippen molar-refractivity contribution >= 4 is 47.3 Å². The van der Waals surface area contributed by atoms with Gasteiger partial charge in [-0.2, -0.15) is 12.6 Å². The van der Waals surface area contributed by atoms with E-state index < -0.39 is 5.60 Å². The molecule has 4 aromatic rings. The first kappa shape index (κ1) is 28.0. The number of fused-ring (bicyclic) bond motifs is 1. The van der Waals surface area contributed by atoms with Gasteiger partial charge in [-0.05, 0) is 104 Å². The van der Waals surface area contributed by atoms with Gasteiger partial charge in [0.05, 0.1) is 16.8 Å². The van der Waals surface area contributed by atoms with Crippen molar-refractivity contribution < 1.29 is 5.11 Å². The van der Waals surface area contributed by atoms with Gasteiger partial charge in [0.1, 0.15) is 0 Å². The highest BCUT2D eigenvalue weighted by Crippen LogP contribution is 2.57. The molecule has 3 aromatic carbocycles. The van der Waals surface area contributed by atoms with Crippen molar-refractivity contribution in [1.82, 2.24) is 4.98 Å². The minimum absolute atomic E-state index is 0.294. The number of rotatable bonds is 10. The average Bonchev–Trinajstić information content (AvgIpc) is 3.73. The van der Waals surface area contributed by atoms with Crippen LogP contribution < -0.4 is 0 Å². The van der Waals surface area contributed by atoms with E-state index in [0.717, 1.165) is 47.0 Å². The number of aryl methyl sites for hydroxylation is 1. The molecule has 0 spiro atoms. The van der Waals surface area contributed by atoms with Crippen LogP contribution in [0.3, 0.4) is 0 Å². The number of nitrogens with zero attached hydrogens (tertiary/aromatic N) is 1. The highest BCUT2D eigenvalue weighted by molar-refractivity contribution is 7.81. The van der Waals surface area contributed by atoms with Crippen molar-refractivity contribution in [2.45, 2.75) is 69.6 Å². The highest BCUT2D eigenvalue weighted by Gasteiger charge is 2.49. The van der Waals surface area contributed by atoms with Crippen LogP contribution in [0.1, 0.15) is 80.3 Å². The van der Waals surface area contributed by atoms with E-state index in [1.165, 1.54) is 24.0 Å². The SMILES string of the molecule is CCC1(C(S)[C@H](CCc2ccccc2C(C)(C)O)c2cccc(/C=C/c3ccc4ccc(Cl)cc4n3)c2)CC1. The molecule has 2 atom stereocenters. The molecule has 5 rings (SSSR count). The Labute approximate surface area is 243 Å². The summed E-state index contributed by atoms with van der Waals surface area (Å²) >= 11 is 11.5. The fourth-order valence-corrected chi connectivity index (χ4v) is 6.80. The summed E-state index contributed by atoms with van der Waals surface area (Å²) in [6, 6.07) is 27.1. The molecule has 39 heavy (non-hydrogen) atoms. The van der Waals surface area contributed by atoms with Crippen molar-refractivity contribution in [3.05, 3.63) is 112 Å². The molecule has 202 valence electrons. The van der Waals surface area contributed by atoms with E-state index in [1.807, 2.05) is 44.2 Å². The van der Waals surface area contributed by atoms with E-state index in [9.17, 15) is 5.11 Å². The maximum absolute atomic E-state index is 10.8. The van der Waals surface area contributed by atoms with Crippen LogP contribution in [0.15, 0.2) is 78.9 Å². The second kappa shape index (κ2) is 11.5. The molecule has 1 fully saturated rings. The first-order valence-corrected chi connectivity index (χ1v) is 14.9. The number of aliphatic hydroxyl groups is 1. The molecule has 2 nitrogen and oxygen atoms in total. The Hall–Kier alpha value is -2.59. The van der Waals surface area contributed by atoms with Crippen molar-refractivity contribution in [1.29, 1.82) is 0 Å². The van der Waals surface area contributed by atoms with E-state index in [-0.39, 0.29) is 0 Å². The molecule has 0 amide bonds. The summed E-state index contributed by atoms with van der Waals surface area (Å²) in [5.41, 5.74) is 5.99. The van der Waals surface area contributed by atoms with Gasteiger partial charge >= 0.3 is 0 Å². The maximum Gasteiger partial charge on any atom is 0.0843 e. The van der Waals surface area contributed by atoms with Gasteiger partial charge in [-0.25, -0.2) is 4.98 Å². The number of benzene rings is 3. The maximum atomic E-state index is 10.8. The Bertz CT molecular complexity index is 1480. The molecule has 1 saturated carbocycles. The van der Waals surface area contributed by atoms with Crippen LogP contribution in [-0.4, -0.2) is 15.3 Å². The van der Waals surface area contributed by atoms with Crippen LogP contribution in [-0.2, 0) is 12.0 Å². The number of pyridine rings is 1. The second-order valence-corrected chi connectivity index (χ2v) is 12.6. The van der Waals surface area contributed by atoms with E-state index >= 15 is 0 Å². The Balaban J connectivity index is 1.42. The molecule has 0 radical (unpaired) electrons. The summed E-state index contributed by atoms with van der Waals surface area (Å²) in [5.74, 6) is 0.319. The van der Waals surface area contributed by atoms with Crippen LogP contribution >= 0.6 is 24.2 Å². The summed E-state index contributed by atoms with van der Waals surface area (Å²) < 4.78 is 0. The van der Waals surface area contributed by atoms with Gasteiger partial charge in [0.25, 0.3) is 0 Å². The van der Waals surface area contributed by atoms with Crippen molar-refractivity contribution in [2.75, 3.05) is 0 Å². The first-order chi connectivity index (χ1) is 18.7. The summed E-state index contributed by atoms with van der Waals surface area (Å²) in [6.07, 6.45) is 9.78. The molecule has 0 saturated heterocycles. The lowest BCUT2D eigenvalue weighted by atomic mass is 9.80. The van der Waals surface area contributed by atoms with Gasteiger partial charge in [0.15, 0.2) is 0 Å². The summed E-state index contributed by atoms with van der Waals surface area (Å²) in [4.78, 5) is 4.78. The van der Waals surface area contributed by atoms with Crippen LogP contribution in [0.5, 0.6) is 0 Å². The summed E-state index contributed by atoms with van der Waals surface area (Å²) in [6.45, 7) is 6.05. The Morgan fingerprint density at radius 2 is 1.77 bits per heavy atom. The monoisotopic (exact) mass is 555 g/mol. The minimum Gasteiger partial charge on any atom is -0.386 e. The van der Waals surface area contributed by atoms with Gasteiger partial charge in [-0.1, -0.05) is 85.3 Å². The van der Waals surface area contributed by atoms with E-state index in [0.29, 0.717) is 21.6 Å². The summed E-state index contributed by atoms with van der Waals surface area (Å²) in [7, 11) is 0. The van der Waals surface area contributed by atoms with Crippen molar-refractivity contribution in [3.63, 3.8) is 0 Å². The zero-order valence-corrected chi connectivity index (χ0v) is 24.7. The molecule has 4 heteroatoms. The number of hydrogen-bond acceptors (Lipinski definition) is 3. The third-order valence-corrected chi connectivity index (χ3v) is 9.61. The number of hydrogen-bond donors (Lipinski definition) is 2. The van der Waals surface area contributed by atoms with Crippen LogP contribution in [0.4, 0.5) is 0 Å². The van der Waals surface area contributed by atoms with Crippen molar-refractivity contribution in [3.8, 4) is 0 Å². The largest absolute Gasteiger partial charge is 0.386 e. The molecular weight excluding hydrogens is 518 g/mol. The normalized spacial score (nSPS) is 16.5. The second-order valence-electron chi connectivity index (χ2n) is 11.6. The summed E-state index contributed by atoms with van der Waals surface area (Å²) in [5, 5.41) is 12.8. The topological polar surface area (TPSA) is 33.1 Å². The van der Waals surface area contributed by atoms with E-state index in [2.05, 4.69) is 67.6 Å². The molecule has 1 heterocycles. The molecular formula is C35H38ClNOS. The Morgan fingerprint density at radius 3 is 2.51 bits per heavy atom. The van der Waals surface area contributed by atoms with E-state index in [1.54, 1.807) is 0 Å². The first-order valence-electron chi connectivity index (χ1n) is 14.0. The third-order valence-electron chi connectivity index (χ3n) is 8.47. The van der Waals surface area contributed by atoms with Gasteiger partial charge < -0.3 is 5.11 Å². The van der Waals surface area contributed by atoms with Gasteiger partial charge in [-0.3, -0.25) is 0 Å². The predicted molar refractivity (Wildman–Crippen MR) is 170 cm³/mol. The Morgan fingerprint density at radius 1 is 1.00 bits per heavy atom. The van der Waals surface area contributed by atoms with Crippen LogP contribution in [0.25, 0.3) is 23.1 Å². The number of aromatic nitrogens is 1. The smallest absolute Gasteiger partial charge is 0.0843 e. The molecule has 1 N–H and O–H groups in total. The standard InChI is InChI=1S/C35H38ClNOS/c1-4-35(20-21-35)33(39)30(19-15-25-9-5-6-11-31(25)34(2,3)38)27-10-7-8-24(22-27)12-17-29-18-14-26-13-16-28(36)23-32(26)37-29/h5-14,16-18,22-23,30,33,38-39H,4,15,19-21H2,1-3H3/b17-12+/t30-,33?/m1/s1. The molecule has 1 aliphatic carbocycles. The zero-order chi connectivity index (χ0) is 27.6. The fraction of sp³-hybridized carbons (Fsp3) is 0.343. The lowest BCUT2D eigenvalue weighted by Crippen LogP contribution is -2.25. The molecule has 0 aliphatic heterocycles. The number of thiol groups is 1. The molecule has 0 bridgehead atoms. The third kappa shape index (κ3) is 6.43. The Kier molecular flexibility index (Phi) is 8.24. The molecule has 1 unspecified atom stereocenters. The fourth-order valence-electron chi connectivity index (χ4n) is 5.87. The predicted octanol–water partition coefficient (Wildman–Crippen LogP) is 9.49. The molecule has 1 aromatic heterocycles. The zero-order valence-electron chi connectivity index (χ0n) is 23.1. The van der Waals surface area contributed by atoms with Crippen LogP contribution in [0, 0.1) is 5.41 Å². The average molecular weight is 556 g/mol. The van der Waals surface area contributed by atoms with Crippen LogP contribution in [0.2, 0.25) is 5.02 Å². The van der Waals surface area contributed by atoms with Gasteiger partial charge in [-0.15, -0.1) is 0 Å².